The molecule has 2 aromatic rings. The molecule has 0 aliphatic heterocycles. The van der Waals surface area contributed by atoms with Crippen LogP contribution in [0, 0.1) is 0 Å². The first kappa shape index (κ1) is 18.8. The minimum atomic E-state index is -4.45. The SMILES string of the molecule is COCC(C)NC(=O)c1cccc(Oc2cccc(C(F)(F)F)c2)c1. The highest BCUT2D eigenvalue weighted by molar-refractivity contribution is 5.94. The zero-order valence-electron chi connectivity index (χ0n) is 13.8. The number of carbonyl (C=O) groups is 1. The summed E-state index contributed by atoms with van der Waals surface area (Å²) in [5.41, 5.74) is -0.459. The summed E-state index contributed by atoms with van der Waals surface area (Å²) in [7, 11) is 1.53. The predicted molar refractivity (Wildman–Crippen MR) is 86.8 cm³/mol. The second-order valence-electron chi connectivity index (χ2n) is 5.49. The molecule has 2 aromatic carbocycles. The monoisotopic (exact) mass is 353 g/mol. The van der Waals surface area contributed by atoms with Crippen molar-refractivity contribution in [3.05, 3.63) is 59.7 Å². The van der Waals surface area contributed by atoms with E-state index in [9.17, 15) is 18.0 Å². The fraction of sp³-hybridized carbons (Fsp3) is 0.278. The third kappa shape index (κ3) is 5.49. The van der Waals surface area contributed by atoms with Gasteiger partial charge in [-0.15, -0.1) is 0 Å². The van der Waals surface area contributed by atoms with Crippen LogP contribution in [-0.2, 0) is 10.9 Å². The third-order valence-electron chi connectivity index (χ3n) is 3.29. The van der Waals surface area contributed by atoms with Crippen molar-refractivity contribution in [1.29, 1.82) is 0 Å². The van der Waals surface area contributed by atoms with Gasteiger partial charge in [0.15, 0.2) is 0 Å². The minimum Gasteiger partial charge on any atom is -0.457 e. The van der Waals surface area contributed by atoms with Crippen LogP contribution in [0.25, 0.3) is 0 Å². The van der Waals surface area contributed by atoms with Crippen molar-refractivity contribution >= 4 is 5.91 Å². The second-order valence-corrected chi connectivity index (χ2v) is 5.49. The molecular weight excluding hydrogens is 335 g/mol. The summed E-state index contributed by atoms with van der Waals surface area (Å²) in [5.74, 6) is -0.00875. The smallest absolute Gasteiger partial charge is 0.416 e. The van der Waals surface area contributed by atoms with E-state index in [0.717, 1.165) is 12.1 Å². The quantitative estimate of drug-likeness (QED) is 0.844. The van der Waals surface area contributed by atoms with Crippen LogP contribution >= 0.6 is 0 Å². The number of ether oxygens (including phenoxy) is 2. The summed E-state index contributed by atoms with van der Waals surface area (Å²) in [4.78, 5) is 12.1. The molecule has 25 heavy (non-hydrogen) atoms. The van der Waals surface area contributed by atoms with Crippen molar-refractivity contribution in [3.8, 4) is 11.5 Å². The molecule has 0 saturated heterocycles. The van der Waals surface area contributed by atoms with Crippen molar-refractivity contribution in [1.82, 2.24) is 5.32 Å². The second kappa shape index (κ2) is 8.02. The molecule has 1 atom stereocenters. The first-order valence-corrected chi connectivity index (χ1v) is 7.54. The van der Waals surface area contributed by atoms with E-state index in [4.69, 9.17) is 9.47 Å². The third-order valence-corrected chi connectivity index (χ3v) is 3.29. The highest BCUT2D eigenvalue weighted by atomic mass is 19.4. The summed E-state index contributed by atoms with van der Waals surface area (Å²) in [6.07, 6.45) is -4.45. The standard InChI is InChI=1S/C18H18F3NO3/c1-12(11-24-2)22-17(23)13-5-3-7-15(9-13)25-16-8-4-6-14(10-16)18(19,20)21/h3-10,12H,11H2,1-2H3,(H,22,23). The highest BCUT2D eigenvalue weighted by Crippen LogP contribution is 2.32. The fourth-order valence-corrected chi connectivity index (χ4v) is 2.17. The Morgan fingerprint density at radius 1 is 1.12 bits per heavy atom. The van der Waals surface area contributed by atoms with Crippen molar-refractivity contribution in [2.75, 3.05) is 13.7 Å². The lowest BCUT2D eigenvalue weighted by atomic mass is 10.2. The van der Waals surface area contributed by atoms with Gasteiger partial charge < -0.3 is 14.8 Å². The zero-order valence-corrected chi connectivity index (χ0v) is 13.8. The lowest BCUT2D eigenvalue weighted by Gasteiger charge is -2.13. The predicted octanol–water partition coefficient (Wildman–Crippen LogP) is 4.26. The molecule has 7 heteroatoms. The van der Waals surface area contributed by atoms with Gasteiger partial charge in [-0.2, -0.15) is 13.2 Å². The Bertz CT molecular complexity index is 732. The molecule has 0 aromatic heterocycles. The minimum absolute atomic E-state index is 0.0418. The summed E-state index contributed by atoms with van der Waals surface area (Å²) in [6, 6.07) is 10.6. The van der Waals surface area contributed by atoms with E-state index in [1.54, 1.807) is 25.1 Å². The van der Waals surface area contributed by atoms with Gasteiger partial charge >= 0.3 is 6.18 Å². The molecule has 0 bridgehead atoms. The zero-order chi connectivity index (χ0) is 18.4. The number of rotatable bonds is 6. The maximum absolute atomic E-state index is 12.7. The number of hydrogen-bond donors (Lipinski definition) is 1. The van der Waals surface area contributed by atoms with Gasteiger partial charge in [-0.05, 0) is 43.3 Å². The van der Waals surface area contributed by atoms with Crippen LogP contribution in [-0.4, -0.2) is 25.7 Å². The molecule has 0 heterocycles. The van der Waals surface area contributed by atoms with Crippen LogP contribution in [0.5, 0.6) is 11.5 Å². The fourth-order valence-electron chi connectivity index (χ4n) is 2.17. The Kier molecular flexibility index (Phi) is 6.03. The maximum atomic E-state index is 12.7. The van der Waals surface area contributed by atoms with Crippen molar-refractivity contribution in [3.63, 3.8) is 0 Å². The lowest BCUT2D eigenvalue weighted by molar-refractivity contribution is -0.137. The van der Waals surface area contributed by atoms with E-state index < -0.39 is 11.7 Å². The molecule has 134 valence electrons. The van der Waals surface area contributed by atoms with E-state index in [0.29, 0.717) is 12.2 Å². The molecule has 0 radical (unpaired) electrons. The number of halogens is 3. The van der Waals surface area contributed by atoms with Crippen molar-refractivity contribution in [2.24, 2.45) is 0 Å². The number of benzene rings is 2. The number of methoxy groups -OCH3 is 1. The first-order valence-electron chi connectivity index (χ1n) is 7.54. The van der Waals surface area contributed by atoms with E-state index >= 15 is 0 Å². The average Bonchev–Trinajstić information content (AvgIpc) is 2.55. The molecule has 2 rings (SSSR count). The van der Waals surface area contributed by atoms with E-state index in [-0.39, 0.29) is 23.4 Å². The van der Waals surface area contributed by atoms with Crippen molar-refractivity contribution in [2.45, 2.75) is 19.1 Å². The maximum Gasteiger partial charge on any atom is 0.416 e. The molecule has 0 spiro atoms. The average molecular weight is 353 g/mol. The van der Waals surface area contributed by atoms with E-state index in [2.05, 4.69) is 5.32 Å². The van der Waals surface area contributed by atoms with Gasteiger partial charge in [0.2, 0.25) is 0 Å². The number of alkyl halides is 3. The Balaban J connectivity index is 2.13. The number of hydrogen-bond acceptors (Lipinski definition) is 3. The molecule has 0 aliphatic carbocycles. The molecule has 1 unspecified atom stereocenters. The number of carbonyl (C=O) groups excluding carboxylic acids is 1. The Morgan fingerprint density at radius 2 is 1.76 bits per heavy atom. The van der Waals surface area contributed by atoms with Crippen LogP contribution < -0.4 is 10.1 Å². The molecule has 1 amide bonds. The highest BCUT2D eigenvalue weighted by Gasteiger charge is 2.30. The largest absolute Gasteiger partial charge is 0.457 e. The summed E-state index contributed by atoms with van der Waals surface area (Å²) in [6.45, 7) is 2.16. The summed E-state index contributed by atoms with van der Waals surface area (Å²) < 4.78 is 48.6. The van der Waals surface area contributed by atoms with Crippen LogP contribution in [0.3, 0.4) is 0 Å². The van der Waals surface area contributed by atoms with Crippen LogP contribution in [0.1, 0.15) is 22.8 Å². The van der Waals surface area contributed by atoms with Gasteiger partial charge in [0, 0.05) is 18.7 Å². The van der Waals surface area contributed by atoms with E-state index in [1.165, 1.54) is 25.3 Å². The van der Waals surface area contributed by atoms with Crippen LogP contribution in [0.15, 0.2) is 48.5 Å². The summed E-state index contributed by atoms with van der Waals surface area (Å²) in [5, 5.41) is 2.75. The van der Waals surface area contributed by atoms with Crippen LogP contribution in [0.2, 0.25) is 0 Å². The first-order chi connectivity index (χ1) is 11.8. The molecule has 1 N–H and O–H groups in total. The van der Waals surface area contributed by atoms with Crippen molar-refractivity contribution < 1.29 is 27.4 Å². The lowest BCUT2D eigenvalue weighted by Crippen LogP contribution is -2.35. The van der Waals surface area contributed by atoms with Gasteiger partial charge in [0.05, 0.1) is 12.2 Å². The Morgan fingerprint density at radius 3 is 2.40 bits per heavy atom. The van der Waals surface area contributed by atoms with Gasteiger partial charge in [0.25, 0.3) is 5.91 Å². The van der Waals surface area contributed by atoms with Crippen LogP contribution in [0.4, 0.5) is 13.2 Å². The van der Waals surface area contributed by atoms with Gasteiger partial charge in [0.1, 0.15) is 11.5 Å². The van der Waals surface area contributed by atoms with E-state index in [1.807, 2.05) is 0 Å². The molecule has 0 aliphatic rings. The molecule has 4 nitrogen and oxygen atoms in total. The topological polar surface area (TPSA) is 47.6 Å². The van der Waals surface area contributed by atoms with Gasteiger partial charge in [-0.3, -0.25) is 4.79 Å². The Hall–Kier alpha value is -2.54. The number of nitrogens with one attached hydrogen (secondary N) is 1. The Labute approximate surface area is 143 Å². The van der Waals surface area contributed by atoms with Gasteiger partial charge in [-0.25, -0.2) is 0 Å². The number of amides is 1. The van der Waals surface area contributed by atoms with Gasteiger partial charge in [-0.1, -0.05) is 12.1 Å². The normalized spacial score (nSPS) is 12.5. The molecular formula is C18H18F3NO3. The summed E-state index contributed by atoms with van der Waals surface area (Å²) >= 11 is 0. The molecule has 0 fully saturated rings. The molecule has 0 saturated carbocycles.